The number of hydrogen-bond acceptors (Lipinski definition) is 3. The molecule has 2 fully saturated rings. The number of nitrogens with one attached hydrogen (secondary N) is 1. The van der Waals surface area contributed by atoms with Gasteiger partial charge in [-0.3, -0.25) is 0 Å². The van der Waals surface area contributed by atoms with Crippen LogP contribution < -0.4 is 4.74 Å². The third-order valence-electron chi connectivity index (χ3n) is 7.97. The van der Waals surface area contributed by atoms with Gasteiger partial charge >= 0.3 is 0 Å². The summed E-state index contributed by atoms with van der Waals surface area (Å²) in [5.74, 6) is 1.67. The Morgan fingerprint density at radius 1 is 1.19 bits per heavy atom. The average Bonchev–Trinajstić information content (AvgIpc) is 3.52. The number of ether oxygens (including phenoxy) is 1. The van der Waals surface area contributed by atoms with Crippen molar-refractivity contribution in [3.63, 3.8) is 0 Å². The van der Waals surface area contributed by atoms with Crippen molar-refractivity contribution in [2.24, 2.45) is 5.92 Å². The fourth-order valence-electron chi connectivity index (χ4n) is 6.14. The normalized spacial score (nSPS) is 28.4. The standard InChI is InChI=1S/C26H29ClN2O2/c1-31-20-4-2-3-18(11-20)25-9-10-29(15-17-5-6-17)16-26(25,30)13-22-21-12-19(27)7-8-23(21)28-24(22)14-25/h2-4,7-8,11-12,17,28,30H,5-6,9-10,13-16H2,1H3. The number of aliphatic hydroxyl groups is 1. The van der Waals surface area contributed by atoms with E-state index in [9.17, 15) is 5.11 Å². The highest BCUT2D eigenvalue weighted by atomic mass is 35.5. The fourth-order valence-corrected chi connectivity index (χ4v) is 6.31. The van der Waals surface area contributed by atoms with E-state index in [1.54, 1.807) is 7.11 Å². The van der Waals surface area contributed by atoms with Crippen LogP contribution in [-0.4, -0.2) is 47.3 Å². The van der Waals surface area contributed by atoms with Crippen LogP contribution in [-0.2, 0) is 18.3 Å². The van der Waals surface area contributed by atoms with Gasteiger partial charge in [-0.15, -0.1) is 0 Å². The van der Waals surface area contributed by atoms with E-state index in [0.717, 1.165) is 53.5 Å². The summed E-state index contributed by atoms with van der Waals surface area (Å²) >= 11 is 6.34. The van der Waals surface area contributed by atoms with Gasteiger partial charge in [0.1, 0.15) is 5.75 Å². The topological polar surface area (TPSA) is 48.5 Å². The molecule has 2 N–H and O–H groups in total. The Morgan fingerprint density at radius 2 is 2.06 bits per heavy atom. The lowest BCUT2D eigenvalue weighted by molar-refractivity contribution is -0.103. The number of fused-ring (bicyclic) bond motifs is 4. The van der Waals surface area contributed by atoms with Gasteiger partial charge in [-0.25, -0.2) is 0 Å². The number of nitrogens with zero attached hydrogens (tertiary/aromatic N) is 1. The van der Waals surface area contributed by atoms with E-state index in [4.69, 9.17) is 16.3 Å². The first kappa shape index (κ1) is 19.7. The van der Waals surface area contributed by atoms with Crippen LogP contribution in [0.3, 0.4) is 0 Å². The van der Waals surface area contributed by atoms with Gasteiger partial charge in [0.25, 0.3) is 0 Å². The molecular formula is C26H29ClN2O2. The Balaban J connectivity index is 1.49. The Bertz CT molecular complexity index is 1150. The number of aromatic nitrogens is 1. The molecule has 0 amide bonds. The van der Waals surface area contributed by atoms with Crippen LogP contribution in [0.15, 0.2) is 42.5 Å². The van der Waals surface area contributed by atoms with E-state index in [-0.39, 0.29) is 5.41 Å². The molecule has 162 valence electrons. The average molecular weight is 437 g/mol. The van der Waals surface area contributed by atoms with Gasteiger partial charge in [0.05, 0.1) is 12.7 Å². The highest BCUT2D eigenvalue weighted by Gasteiger charge is 2.57. The number of rotatable bonds is 4. The van der Waals surface area contributed by atoms with Crippen molar-refractivity contribution < 1.29 is 9.84 Å². The largest absolute Gasteiger partial charge is 0.497 e. The maximum atomic E-state index is 12.4. The Kier molecular flexibility index (Phi) is 4.44. The molecule has 6 rings (SSSR count). The monoisotopic (exact) mass is 436 g/mol. The quantitative estimate of drug-likeness (QED) is 0.622. The first-order chi connectivity index (χ1) is 15.0. The molecule has 2 aliphatic carbocycles. The van der Waals surface area contributed by atoms with Crippen molar-refractivity contribution in [2.75, 3.05) is 26.7 Å². The van der Waals surface area contributed by atoms with Crippen LogP contribution in [0.5, 0.6) is 5.75 Å². The molecule has 2 aromatic carbocycles. The molecule has 31 heavy (non-hydrogen) atoms. The van der Waals surface area contributed by atoms with Crippen molar-refractivity contribution in [1.29, 1.82) is 0 Å². The van der Waals surface area contributed by atoms with Gasteiger partial charge in [-0.05, 0) is 73.2 Å². The number of β-amino-alcohol motifs (C(OH)–C–C–N with tert-alkyl or cyclic N) is 1. The Morgan fingerprint density at radius 3 is 2.87 bits per heavy atom. The van der Waals surface area contributed by atoms with Crippen LogP contribution in [0.25, 0.3) is 10.9 Å². The van der Waals surface area contributed by atoms with Crippen molar-refractivity contribution >= 4 is 22.5 Å². The number of hydrogen-bond donors (Lipinski definition) is 2. The van der Waals surface area contributed by atoms with Crippen LogP contribution in [0.2, 0.25) is 5.02 Å². The van der Waals surface area contributed by atoms with Crippen molar-refractivity contribution in [3.8, 4) is 5.75 Å². The summed E-state index contributed by atoms with van der Waals surface area (Å²) in [6.07, 6.45) is 5.05. The van der Waals surface area contributed by atoms with Gasteiger partial charge in [0.15, 0.2) is 0 Å². The molecule has 2 heterocycles. The SMILES string of the molecule is COc1cccc(C23CCN(CC4CC4)CC2(O)Cc2c([nH]c4ccc(Cl)cc24)C3)c1. The summed E-state index contributed by atoms with van der Waals surface area (Å²) in [6, 6.07) is 14.4. The summed E-state index contributed by atoms with van der Waals surface area (Å²) in [5, 5.41) is 14.3. The summed E-state index contributed by atoms with van der Waals surface area (Å²) in [6.45, 7) is 2.86. The molecule has 2 unspecified atom stereocenters. The molecule has 0 spiro atoms. The van der Waals surface area contributed by atoms with Crippen molar-refractivity contribution in [3.05, 3.63) is 64.3 Å². The number of methoxy groups -OCH3 is 1. The molecule has 3 aromatic rings. The zero-order chi connectivity index (χ0) is 21.2. The number of halogens is 1. The van der Waals surface area contributed by atoms with Gasteiger partial charge in [-0.1, -0.05) is 23.7 Å². The number of H-pyrrole nitrogens is 1. The van der Waals surface area contributed by atoms with E-state index in [2.05, 4.69) is 34.1 Å². The minimum Gasteiger partial charge on any atom is -0.497 e. The van der Waals surface area contributed by atoms with Crippen LogP contribution in [0, 0.1) is 5.92 Å². The second-order valence-corrected chi connectivity index (χ2v) is 10.3. The van der Waals surface area contributed by atoms with E-state index in [1.807, 2.05) is 18.2 Å². The first-order valence-corrected chi connectivity index (χ1v) is 11.8. The molecule has 1 saturated carbocycles. The molecule has 0 radical (unpaired) electrons. The summed E-state index contributed by atoms with van der Waals surface area (Å²) in [5.41, 5.74) is 3.58. The number of benzene rings is 2. The van der Waals surface area contributed by atoms with Crippen LogP contribution in [0.4, 0.5) is 0 Å². The molecular weight excluding hydrogens is 408 g/mol. The molecule has 0 bridgehead atoms. The number of piperidine rings is 1. The third kappa shape index (κ3) is 3.11. The lowest BCUT2D eigenvalue weighted by Gasteiger charge is -2.56. The maximum absolute atomic E-state index is 12.4. The van der Waals surface area contributed by atoms with Crippen LogP contribution >= 0.6 is 11.6 Å². The minimum absolute atomic E-state index is 0.334. The van der Waals surface area contributed by atoms with E-state index in [0.29, 0.717) is 13.0 Å². The van der Waals surface area contributed by atoms with E-state index < -0.39 is 5.60 Å². The highest BCUT2D eigenvalue weighted by molar-refractivity contribution is 6.31. The predicted octanol–water partition coefficient (Wildman–Crippen LogP) is 4.71. The molecule has 1 saturated heterocycles. The van der Waals surface area contributed by atoms with E-state index in [1.165, 1.54) is 29.7 Å². The Labute approximate surface area is 188 Å². The zero-order valence-corrected chi connectivity index (χ0v) is 18.7. The maximum Gasteiger partial charge on any atom is 0.119 e. The first-order valence-electron chi connectivity index (χ1n) is 11.4. The summed E-state index contributed by atoms with van der Waals surface area (Å²) in [4.78, 5) is 6.16. The van der Waals surface area contributed by atoms with Crippen molar-refractivity contribution in [2.45, 2.75) is 43.1 Å². The van der Waals surface area contributed by atoms with Gasteiger partial charge < -0.3 is 19.7 Å². The molecule has 2 atom stereocenters. The third-order valence-corrected chi connectivity index (χ3v) is 8.21. The highest BCUT2D eigenvalue weighted by Crippen LogP contribution is 2.52. The Hall–Kier alpha value is -2.01. The molecule has 5 heteroatoms. The molecule has 3 aliphatic rings. The van der Waals surface area contributed by atoms with E-state index >= 15 is 0 Å². The lowest BCUT2D eigenvalue weighted by Crippen LogP contribution is -2.66. The number of aromatic amines is 1. The smallest absolute Gasteiger partial charge is 0.119 e. The van der Waals surface area contributed by atoms with Gasteiger partial charge in [0.2, 0.25) is 0 Å². The number of likely N-dealkylation sites (tertiary alicyclic amines) is 1. The minimum atomic E-state index is -0.836. The molecule has 4 nitrogen and oxygen atoms in total. The molecule has 1 aliphatic heterocycles. The molecule has 1 aromatic heterocycles. The zero-order valence-electron chi connectivity index (χ0n) is 18.0. The summed E-state index contributed by atoms with van der Waals surface area (Å²) in [7, 11) is 1.71. The lowest BCUT2D eigenvalue weighted by atomic mass is 9.56. The van der Waals surface area contributed by atoms with Gasteiger partial charge in [0, 0.05) is 53.0 Å². The van der Waals surface area contributed by atoms with Crippen LogP contribution in [0.1, 0.15) is 36.1 Å². The second-order valence-electron chi connectivity index (χ2n) is 9.90. The predicted molar refractivity (Wildman–Crippen MR) is 124 cm³/mol. The fraction of sp³-hybridized carbons (Fsp3) is 0.462. The van der Waals surface area contributed by atoms with Gasteiger partial charge in [-0.2, -0.15) is 0 Å². The summed E-state index contributed by atoms with van der Waals surface area (Å²) < 4.78 is 5.55. The second kappa shape index (κ2) is 6.99. The van der Waals surface area contributed by atoms with Crippen molar-refractivity contribution in [1.82, 2.24) is 9.88 Å².